The maximum absolute atomic E-state index is 12.9. The number of amides is 2. The number of fused-ring (bicyclic) bond motifs is 1. The number of nitrogens with zero attached hydrogens (tertiary/aromatic N) is 1. The average molecular weight is 426 g/mol. The summed E-state index contributed by atoms with van der Waals surface area (Å²) in [5, 5.41) is 4.20. The van der Waals surface area contributed by atoms with Crippen molar-refractivity contribution in [1.29, 1.82) is 0 Å². The Morgan fingerprint density at radius 1 is 1.19 bits per heavy atom. The number of methoxy groups -OCH3 is 2. The number of carbonyl (C=O) groups is 2. The molecular weight excluding hydrogens is 400 g/mol. The van der Waals surface area contributed by atoms with Gasteiger partial charge in [0, 0.05) is 17.9 Å². The van der Waals surface area contributed by atoms with E-state index >= 15 is 0 Å². The first kappa shape index (κ1) is 21.0. The van der Waals surface area contributed by atoms with Gasteiger partial charge in [-0.1, -0.05) is 19.1 Å². The molecule has 8 heteroatoms. The highest BCUT2D eigenvalue weighted by molar-refractivity contribution is 5.99. The van der Waals surface area contributed by atoms with Crippen LogP contribution in [0.25, 0.3) is 0 Å². The lowest BCUT2D eigenvalue weighted by atomic mass is 10.1. The van der Waals surface area contributed by atoms with Crippen molar-refractivity contribution in [2.75, 3.05) is 39.3 Å². The molecule has 2 aromatic carbocycles. The van der Waals surface area contributed by atoms with E-state index in [1.807, 2.05) is 25.1 Å². The summed E-state index contributed by atoms with van der Waals surface area (Å²) in [5.41, 5.74) is 2.71. The van der Waals surface area contributed by atoms with E-state index in [0.29, 0.717) is 42.5 Å². The molecule has 0 aromatic heterocycles. The fourth-order valence-electron chi connectivity index (χ4n) is 3.80. The summed E-state index contributed by atoms with van der Waals surface area (Å²) in [5.74, 6) is 1.33. The van der Waals surface area contributed by atoms with E-state index in [4.69, 9.17) is 19.0 Å². The molecule has 164 valence electrons. The summed E-state index contributed by atoms with van der Waals surface area (Å²) in [6.45, 7) is 3.69. The lowest BCUT2D eigenvalue weighted by Gasteiger charge is -2.18. The molecule has 2 heterocycles. The Hall–Kier alpha value is -3.26. The molecule has 2 aliphatic rings. The summed E-state index contributed by atoms with van der Waals surface area (Å²) in [6.07, 6.45) is 1.03. The van der Waals surface area contributed by atoms with Crippen LogP contribution in [0.5, 0.6) is 17.2 Å². The SMILES string of the molecule is COc1cc(C(=O)N2CC(C)CO2)cc(NC(=O)Cc2ccc3c(c2)CCO3)c1OC. The molecule has 4 rings (SSSR count). The fraction of sp³-hybridized carbons (Fsp3) is 0.391. The fourth-order valence-corrected chi connectivity index (χ4v) is 3.80. The molecule has 0 saturated carbocycles. The number of hydrogen-bond acceptors (Lipinski definition) is 6. The molecule has 8 nitrogen and oxygen atoms in total. The van der Waals surface area contributed by atoms with Crippen LogP contribution in [0.15, 0.2) is 30.3 Å². The van der Waals surface area contributed by atoms with Crippen LogP contribution in [0.4, 0.5) is 5.69 Å². The number of rotatable bonds is 6. The van der Waals surface area contributed by atoms with Crippen molar-refractivity contribution in [1.82, 2.24) is 5.06 Å². The van der Waals surface area contributed by atoms with Crippen LogP contribution in [0.1, 0.15) is 28.4 Å². The molecule has 2 amide bonds. The van der Waals surface area contributed by atoms with Gasteiger partial charge in [-0.3, -0.25) is 14.4 Å². The summed E-state index contributed by atoms with van der Waals surface area (Å²) in [4.78, 5) is 31.1. The van der Waals surface area contributed by atoms with Crippen molar-refractivity contribution >= 4 is 17.5 Å². The Balaban J connectivity index is 1.55. The Labute approximate surface area is 181 Å². The predicted molar refractivity (Wildman–Crippen MR) is 114 cm³/mol. The Bertz CT molecular complexity index is 1010. The highest BCUT2D eigenvalue weighted by atomic mass is 16.7. The van der Waals surface area contributed by atoms with Gasteiger partial charge in [-0.05, 0) is 29.3 Å². The first-order valence-electron chi connectivity index (χ1n) is 10.2. The summed E-state index contributed by atoms with van der Waals surface area (Å²) < 4.78 is 16.4. The lowest BCUT2D eigenvalue weighted by molar-refractivity contribution is -0.115. The van der Waals surface area contributed by atoms with Gasteiger partial charge < -0.3 is 19.5 Å². The Morgan fingerprint density at radius 3 is 2.74 bits per heavy atom. The van der Waals surface area contributed by atoms with Gasteiger partial charge in [0.05, 0.1) is 46.1 Å². The second-order valence-corrected chi connectivity index (χ2v) is 7.79. The monoisotopic (exact) mass is 426 g/mol. The number of hydroxylamine groups is 2. The van der Waals surface area contributed by atoms with Crippen molar-refractivity contribution in [3.8, 4) is 17.2 Å². The van der Waals surface area contributed by atoms with Gasteiger partial charge in [0.25, 0.3) is 5.91 Å². The van der Waals surface area contributed by atoms with Crippen LogP contribution in [0.2, 0.25) is 0 Å². The summed E-state index contributed by atoms with van der Waals surface area (Å²) in [6, 6.07) is 8.94. The number of ether oxygens (including phenoxy) is 3. The standard InChI is InChI=1S/C23H26N2O6/c1-14-12-25(31-13-14)23(27)17-10-18(22(29-3)20(11-17)28-2)24-21(26)9-15-4-5-19-16(8-15)6-7-30-19/h4-5,8,10-11,14H,6-7,9,12-13H2,1-3H3,(H,24,26). The van der Waals surface area contributed by atoms with Gasteiger partial charge in [0.1, 0.15) is 5.75 Å². The number of hydrogen-bond donors (Lipinski definition) is 1. The number of anilines is 1. The molecule has 1 fully saturated rings. The maximum atomic E-state index is 12.9. The van der Waals surface area contributed by atoms with Gasteiger partial charge in [-0.2, -0.15) is 0 Å². The molecule has 1 saturated heterocycles. The number of nitrogens with one attached hydrogen (secondary N) is 1. The molecule has 2 aliphatic heterocycles. The van der Waals surface area contributed by atoms with Gasteiger partial charge in [-0.15, -0.1) is 0 Å². The molecule has 0 bridgehead atoms. The van der Waals surface area contributed by atoms with E-state index in [0.717, 1.165) is 23.3 Å². The zero-order chi connectivity index (χ0) is 22.0. The average Bonchev–Trinajstić information content (AvgIpc) is 3.40. The van der Waals surface area contributed by atoms with E-state index in [2.05, 4.69) is 5.32 Å². The van der Waals surface area contributed by atoms with Crippen molar-refractivity contribution in [3.05, 3.63) is 47.0 Å². The number of benzene rings is 2. The molecule has 1 N–H and O–H groups in total. The quantitative estimate of drug-likeness (QED) is 0.765. The van der Waals surface area contributed by atoms with Gasteiger partial charge in [-0.25, -0.2) is 5.06 Å². The number of carbonyl (C=O) groups excluding carboxylic acids is 2. The van der Waals surface area contributed by atoms with Crippen LogP contribution in [0.3, 0.4) is 0 Å². The highest BCUT2D eigenvalue weighted by Crippen LogP contribution is 2.37. The molecule has 0 spiro atoms. The topological polar surface area (TPSA) is 86.3 Å². The Morgan fingerprint density at radius 2 is 2.03 bits per heavy atom. The highest BCUT2D eigenvalue weighted by Gasteiger charge is 2.28. The third kappa shape index (κ3) is 4.44. The van der Waals surface area contributed by atoms with Crippen LogP contribution in [0, 0.1) is 5.92 Å². The van der Waals surface area contributed by atoms with E-state index in [1.54, 1.807) is 12.1 Å². The minimum Gasteiger partial charge on any atom is -0.493 e. The van der Waals surface area contributed by atoms with E-state index in [1.165, 1.54) is 19.3 Å². The predicted octanol–water partition coefficient (Wildman–Crippen LogP) is 2.84. The van der Waals surface area contributed by atoms with Crippen molar-refractivity contribution in [2.45, 2.75) is 19.8 Å². The van der Waals surface area contributed by atoms with Crippen LogP contribution in [-0.4, -0.2) is 50.9 Å². The van der Waals surface area contributed by atoms with Gasteiger partial charge in [0.15, 0.2) is 11.5 Å². The third-order valence-electron chi connectivity index (χ3n) is 5.34. The molecule has 1 atom stereocenters. The molecular formula is C23H26N2O6. The smallest absolute Gasteiger partial charge is 0.277 e. The minimum absolute atomic E-state index is 0.184. The maximum Gasteiger partial charge on any atom is 0.277 e. The molecule has 2 aromatic rings. The van der Waals surface area contributed by atoms with Crippen LogP contribution >= 0.6 is 0 Å². The van der Waals surface area contributed by atoms with Crippen LogP contribution < -0.4 is 19.5 Å². The second-order valence-electron chi connectivity index (χ2n) is 7.79. The van der Waals surface area contributed by atoms with Gasteiger partial charge in [0.2, 0.25) is 5.91 Å². The Kier molecular flexibility index (Phi) is 5.99. The zero-order valence-corrected chi connectivity index (χ0v) is 17.9. The third-order valence-corrected chi connectivity index (χ3v) is 5.34. The molecule has 1 unspecified atom stereocenters. The van der Waals surface area contributed by atoms with E-state index in [-0.39, 0.29) is 24.2 Å². The zero-order valence-electron chi connectivity index (χ0n) is 17.9. The minimum atomic E-state index is -0.292. The molecule has 31 heavy (non-hydrogen) atoms. The normalized spacial score (nSPS) is 17.1. The molecule has 0 aliphatic carbocycles. The largest absolute Gasteiger partial charge is 0.493 e. The second kappa shape index (κ2) is 8.85. The lowest BCUT2D eigenvalue weighted by Crippen LogP contribution is -2.27. The van der Waals surface area contributed by atoms with Crippen molar-refractivity contribution in [3.63, 3.8) is 0 Å². The first-order chi connectivity index (χ1) is 15.0. The van der Waals surface area contributed by atoms with E-state index in [9.17, 15) is 9.59 Å². The molecule has 0 radical (unpaired) electrons. The van der Waals surface area contributed by atoms with E-state index < -0.39 is 0 Å². The summed E-state index contributed by atoms with van der Waals surface area (Å²) in [7, 11) is 2.97. The van der Waals surface area contributed by atoms with Crippen molar-refractivity contribution in [2.24, 2.45) is 5.92 Å². The van der Waals surface area contributed by atoms with Gasteiger partial charge >= 0.3 is 0 Å². The summed E-state index contributed by atoms with van der Waals surface area (Å²) >= 11 is 0. The van der Waals surface area contributed by atoms with Crippen molar-refractivity contribution < 1.29 is 28.6 Å². The van der Waals surface area contributed by atoms with Crippen LogP contribution in [-0.2, 0) is 22.5 Å². The first-order valence-corrected chi connectivity index (χ1v) is 10.2.